The van der Waals surface area contributed by atoms with Gasteiger partial charge in [0.05, 0.1) is 10.8 Å². The second-order valence-corrected chi connectivity index (χ2v) is 6.47. The third kappa shape index (κ3) is 3.00. The molecule has 0 fully saturated rings. The molecule has 1 aliphatic rings. The summed E-state index contributed by atoms with van der Waals surface area (Å²) in [6.07, 6.45) is 0.608. The average molecular weight is 298 g/mol. The van der Waals surface area contributed by atoms with Crippen LogP contribution in [0, 0.1) is 0 Å². The Morgan fingerprint density at radius 2 is 2.15 bits per heavy atom. The number of methoxy groups -OCH3 is 1. The Balaban J connectivity index is 2.16. The van der Waals surface area contributed by atoms with Crippen molar-refractivity contribution in [2.45, 2.75) is 24.2 Å². The molecule has 0 spiro atoms. The van der Waals surface area contributed by atoms with Crippen LogP contribution < -0.4 is 10.0 Å². The van der Waals surface area contributed by atoms with Gasteiger partial charge in [0.2, 0.25) is 15.9 Å². The maximum absolute atomic E-state index is 12.1. The van der Waals surface area contributed by atoms with Crippen LogP contribution in [0.4, 0.5) is 5.69 Å². The van der Waals surface area contributed by atoms with Crippen molar-refractivity contribution in [3.63, 3.8) is 0 Å². The summed E-state index contributed by atoms with van der Waals surface area (Å²) in [5, 5.41) is 2.72. The number of anilines is 1. The van der Waals surface area contributed by atoms with Gasteiger partial charge < -0.3 is 10.1 Å². The highest BCUT2D eigenvalue weighted by Crippen LogP contribution is 2.33. The minimum absolute atomic E-state index is 0.109. The largest absolute Gasteiger partial charge is 0.385 e. The topological polar surface area (TPSA) is 84.5 Å². The molecule has 1 heterocycles. The highest BCUT2D eigenvalue weighted by atomic mass is 32.2. The molecule has 0 saturated carbocycles. The summed E-state index contributed by atoms with van der Waals surface area (Å²) in [6, 6.07) is 4.67. The average Bonchev–Trinajstić information content (AvgIpc) is 2.70. The lowest BCUT2D eigenvalue weighted by Gasteiger charge is -2.08. The smallest absolute Gasteiger partial charge is 0.240 e. The van der Waals surface area contributed by atoms with E-state index < -0.39 is 10.0 Å². The Hall–Kier alpha value is -1.44. The van der Waals surface area contributed by atoms with Crippen molar-refractivity contribution in [2.24, 2.45) is 0 Å². The van der Waals surface area contributed by atoms with Crippen LogP contribution in [0.15, 0.2) is 23.1 Å². The number of benzene rings is 1. The fourth-order valence-electron chi connectivity index (χ4n) is 2.07. The van der Waals surface area contributed by atoms with E-state index in [1.54, 1.807) is 26.2 Å². The molecule has 1 atom stereocenters. The molecule has 1 aromatic rings. The molecule has 2 rings (SSSR count). The van der Waals surface area contributed by atoms with Gasteiger partial charge in [0.1, 0.15) is 0 Å². The Morgan fingerprint density at radius 3 is 2.85 bits per heavy atom. The van der Waals surface area contributed by atoms with E-state index in [-0.39, 0.29) is 16.7 Å². The van der Waals surface area contributed by atoms with Gasteiger partial charge in [-0.3, -0.25) is 4.79 Å². The van der Waals surface area contributed by atoms with E-state index in [9.17, 15) is 13.2 Å². The monoisotopic (exact) mass is 298 g/mol. The van der Waals surface area contributed by atoms with Crippen molar-refractivity contribution < 1.29 is 17.9 Å². The van der Waals surface area contributed by atoms with E-state index in [4.69, 9.17) is 4.74 Å². The number of amides is 1. The SMILES string of the molecule is COCCCNS(=O)(=O)c1ccc2c(c1)[C@@H](C)C(=O)N2. The zero-order chi connectivity index (χ0) is 14.8. The lowest BCUT2D eigenvalue weighted by Crippen LogP contribution is -2.25. The standard InChI is InChI=1S/C13H18N2O4S/c1-9-11-8-10(4-5-12(11)15-13(9)16)20(17,18)14-6-3-7-19-2/h4-5,8-9,14H,3,6-7H2,1-2H3,(H,15,16)/t9-/m1/s1. The van der Waals surface area contributed by atoms with Crippen molar-refractivity contribution in [3.8, 4) is 0 Å². The molecular weight excluding hydrogens is 280 g/mol. The summed E-state index contributed by atoms with van der Waals surface area (Å²) >= 11 is 0. The summed E-state index contributed by atoms with van der Waals surface area (Å²) in [5.41, 5.74) is 1.40. The van der Waals surface area contributed by atoms with Gasteiger partial charge in [0, 0.05) is 25.9 Å². The van der Waals surface area contributed by atoms with Crippen LogP contribution in [0.3, 0.4) is 0 Å². The van der Waals surface area contributed by atoms with Crippen LogP contribution in [-0.2, 0) is 19.6 Å². The number of carbonyl (C=O) groups is 1. The quantitative estimate of drug-likeness (QED) is 0.769. The molecule has 1 aliphatic heterocycles. The van der Waals surface area contributed by atoms with E-state index in [0.717, 1.165) is 5.56 Å². The molecule has 20 heavy (non-hydrogen) atoms. The van der Waals surface area contributed by atoms with Crippen LogP contribution >= 0.6 is 0 Å². The second kappa shape index (κ2) is 5.90. The number of hydrogen-bond donors (Lipinski definition) is 2. The Labute approximate surface area is 118 Å². The van der Waals surface area contributed by atoms with Gasteiger partial charge in [-0.05, 0) is 37.1 Å². The predicted molar refractivity (Wildman–Crippen MR) is 75.2 cm³/mol. The molecule has 0 unspecified atom stereocenters. The second-order valence-electron chi connectivity index (χ2n) is 4.70. The minimum atomic E-state index is -3.55. The maximum Gasteiger partial charge on any atom is 0.240 e. The van der Waals surface area contributed by atoms with Crippen LogP contribution in [0.25, 0.3) is 0 Å². The molecule has 1 amide bonds. The Bertz CT molecular complexity index is 613. The van der Waals surface area contributed by atoms with Crippen LogP contribution in [0.2, 0.25) is 0 Å². The highest BCUT2D eigenvalue weighted by Gasteiger charge is 2.28. The number of nitrogens with one attached hydrogen (secondary N) is 2. The van der Waals surface area contributed by atoms with E-state index in [1.165, 1.54) is 6.07 Å². The minimum Gasteiger partial charge on any atom is -0.385 e. The number of rotatable bonds is 6. The third-order valence-corrected chi connectivity index (χ3v) is 4.73. The number of ether oxygens (including phenoxy) is 1. The van der Waals surface area contributed by atoms with Crippen LogP contribution in [0.5, 0.6) is 0 Å². The first-order valence-electron chi connectivity index (χ1n) is 6.39. The molecule has 0 aromatic heterocycles. The molecule has 2 N–H and O–H groups in total. The maximum atomic E-state index is 12.1. The van der Waals surface area contributed by atoms with Gasteiger partial charge in [0.15, 0.2) is 0 Å². The summed E-state index contributed by atoms with van der Waals surface area (Å²) < 4.78 is 31.6. The molecule has 7 heteroatoms. The molecular formula is C13H18N2O4S. The van der Waals surface area contributed by atoms with E-state index in [2.05, 4.69) is 10.0 Å². The first-order valence-corrected chi connectivity index (χ1v) is 7.87. The fourth-order valence-corrected chi connectivity index (χ4v) is 3.18. The number of fused-ring (bicyclic) bond motifs is 1. The van der Waals surface area contributed by atoms with Gasteiger partial charge >= 0.3 is 0 Å². The van der Waals surface area contributed by atoms with E-state index in [0.29, 0.717) is 25.3 Å². The first-order chi connectivity index (χ1) is 9.45. The van der Waals surface area contributed by atoms with Crippen molar-refractivity contribution in [3.05, 3.63) is 23.8 Å². The van der Waals surface area contributed by atoms with Crippen LogP contribution in [0.1, 0.15) is 24.8 Å². The summed E-state index contributed by atoms with van der Waals surface area (Å²) in [4.78, 5) is 11.7. The summed E-state index contributed by atoms with van der Waals surface area (Å²) in [6.45, 7) is 2.58. The molecule has 0 radical (unpaired) electrons. The Kier molecular flexibility index (Phi) is 4.42. The lowest BCUT2D eigenvalue weighted by molar-refractivity contribution is -0.116. The van der Waals surface area contributed by atoms with Gasteiger partial charge in [0.25, 0.3) is 0 Å². The van der Waals surface area contributed by atoms with E-state index in [1.807, 2.05) is 0 Å². The van der Waals surface area contributed by atoms with Gasteiger partial charge in [-0.2, -0.15) is 0 Å². The zero-order valence-electron chi connectivity index (χ0n) is 11.5. The number of hydrogen-bond acceptors (Lipinski definition) is 4. The third-order valence-electron chi connectivity index (χ3n) is 3.27. The van der Waals surface area contributed by atoms with Crippen LogP contribution in [-0.4, -0.2) is 34.6 Å². The van der Waals surface area contributed by atoms with Crippen molar-refractivity contribution in [1.29, 1.82) is 0 Å². The summed E-state index contributed by atoms with van der Waals surface area (Å²) in [5.74, 6) is -0.434. The fraction of sp³-hybridized carbons (Fsp3) is 0.462. The summed E-state index contributed by atoms with van der Waals surface area (Å²) in [7, 11) is -1.98. The van der Waals surface area contributed by atoms with Gasteiger partial charge in [-0.15, -0.1) is 0 Å². The molecule has 0 aliphatic carbocycles. The first kappa shape index (κ1) is 15.0. The normalized spacial score (nSPS) is 17.9. The Morgan fingerprint density at radius 1 is 1.40 bits per heavy atom. The lowest BCUT2D eigenvalue weighted by atomic mass is 10.0. The van der Waals surface area contributed by atoms with Crippen molar-refractivity contribution in [2.75, 3.05) is 25.6 Å². The molecule has 0 saturated heterocycles. The zero-order valence-corrected chi connectivity index (χ0v) is 12.3. The van der Waals surface area contributed by atoms with Gasteiger partial charge in [-0.1, -0.05) is 0 Å². The predicted octanol–water partition coefficient (Wildman–Crippen LogP) is 1.06. The number of sulfonamides is 1. The highest BCUT2D eigenvalue weighted by molar-refractivity contribution is 7.89. The molecule has 1 aromatic carbocycles. The van der Waals surface area contributed by atoms with Gasteiger partial charge in [-0.25, -0.2) is 13.1 Å². The molecule has 0 bridgehead atoms. The number of carbonyl (C=O) groups excluding carboxylic acids is 1. The molecule has 6 nitrogen and oxygen atoms in total. The van der Waals surface area contributed by atoms with Crippen molar-refractivity contribution >= 4 is 21.6 Å². The molecule has 110 valence electrons. The van der Waals surface area contributed by atoms with E-state index >= 15 is 0 Å². The van der Waals surface area contributed by atoms with Crippen molar-refractivity contribution in [1.82, 2.24) is 4.72 Å².